The number of rotatable bonds is 3. The highest BCUT2D eigenvalue weighted by Crippen LogP contribution is 2.33. The fourth-order valence-corrected chi connectivity index (χ4v) is 2.83. The summed E-state index contributed by atoms with van der Waals surface area (Å²) in [7, 11) is 0. The molecule has 0 aliphatic heterocycles. The Morgan fingerprint density at radius 1 is 0.920 bits per heavy atom. The van der Waals surface area contributed by atoms with Gasteiger partial charge in [0, 0.05) is 11.1 Å². The Kier molecular flexibility index (Phi) is 4.77. The van der Waals surface area contributed by atoms with Crippen LogP contribution < -0.4 is 0 Å². The van der Waals surface area contributed by atoms with Crippen LogP contribution in [0, 0.1) is 25.2 Å². The van der Waals surface area contributed by atoms with E-state index in [0.29, 0.717) is 5.56 Å². The maximum absolute atomic E-state index is 9.03. The molecule has 0 saturated heterocycles. The molecule has 0 N–H and O–H groups in total. The maximum atomic E-state index is 9.03. The minimum atomic E-state index is 0.663. The molecule has 0 spiro atoms. The lowest BCUT2D eigenvalue weighted by Crippen LogP contribution is -1.96. The average Bonchev–Trinajstić information content (AvgIpc) is 2.64. The number of hydrogen-bond acceptors (Lipinski definition) is 2. The van der Waals surface area contributed by atoms with E-state index in [-0.39, 0.29) is 0 Å². The van der Waals surface area contributed by atoms with Crippen LogP contribution in [-0.2, 0) is 0 Å². The molecule has 0 aliphatic carbocycles. The normalized spacial score (nSPS) is 10.8. The molecule has 0 fully saturated rings. The first-order valence-electron chi connectivity index (χ1n) is 8.34. The summed E-state index contributed by atoms with van der Waals surface area (Å²) in [4.78, 5) is 4.93. The minimum absolute atomic E-state index is 0.663. The molecular formula is C23H20N2. The number of pyridine rings is 1. The van der Waals surface area contributed by atoms with Gasteiger partial charge >= 0.3 is 0 Å². The molecule has 1 aromatic heterocycles. The van der Waals surface area contributed by atoms with Crippen LogP contribution in [0.1, 0.15) is 29.3 Å². The van der Waals surface area contributed by atoms with Gasteiger partial charge < -0.3 is 0 Å². The lowest BCUT2D eigenvalue weighted by Gasteiger charge is -2.13. The Labute approximate surface area is 149 Å². The standard InChI is InChI=1S/C23H20N2/c1-4-5-22-17(3)14-21(19-12-8-18(15-24)9-13-19)23(25-22)20-10-6-16(2)7-11-20/h4-14H,1-3H3/b5-4-. The molecule has 0 radical (unpaired) electrons. The van der Waals surface area contributed by atoms with Gasteiger partial charge in [-0.1, -0.05) is 48.0 Å². The lowest BCUT2D eigenvalue weighted by molar-refractivity contribution is 1.24. The highest BCUT2D eigenvalue weighted by Gasteiger charge is 2.12. The predicted octanol–water partition coefficient (Wildman–Crippen LogP) is 5.94. The Balaban J connectivity index is 2.23. The molecule has 2 aromatic carbocycles. The topological polar surface area (TPSA) is 36.7 Å². The first kappa shape index (κ1) is 16.7. The van der Waals surface area contributed by atoms with Crippen molar-refractivity contribution in [3.63, 3.8) is 0 Å². The third-order valence-electron chi connectivity index (χ3n) is 4.23. The summed E-state index contributed by atoms with van der Waals surface area (Å²) in [6.07, 6.45) is 4.05. The summed E-state index contributed by atoms with van der Waals surface area (Å²) >= 11 is 0. The van der Waals surface area contributed by atoms with Crippen molar-refractivity contribution in [2.24, 2.45) is 0 Å². The summed E-state index contributed by atoms with van der Waals surface area (Å²) in [5.41, 5.74) is 8.21. The van der Waals surface area contributed by atoms with E-state index in [0.717, 1.165) is 33.6 Å². The van der Waals surface area contributed by atoms with Gasteiger partial charge in [0.15, 0.2) is 0 Å². The van der Waals surface area contributed by atoms with Gasteiger partial charge in [0.25, 0.3) is 0 Å². The number of nitrogens with zero attached hydrogens (tertiary/aromatic N) is 2. The van der Waals surface area contributed by atoms with Crippen molar-refractivity contribution < 1.29 is 0 Å². The zero-order valence-corrected chi connectivity index (χ0v) is 14.7. The van der Waals surface area contributed by atoms with Crippen LogP contribution >= 0.6 is 0 Å². The molecule has 2 nitrogen and oxygen atoms in total. The Morgan fingerprint density at radius 2 is 1.56 bits per heavy atom. The van der Waals surface area contributed by atoms with Crippen molar-refractivity contribution in [2.75, 3.05) is 0 Å². The van der Waals surface area contributed by atoms with Gasteiger partial charge in [-0.25, -0.2) is 4.98 Å². The van der Waals surface area contributed by atoms with Crippen molar-refractivity contribution in [1.82, 2.24) is 4.98 Å². The molecule has 3 rings (SSSR count). The minimum Gasteiger partial charge on any atom is -0.248 e. The molecule has 122 valence electrons. The summed E-state index contributed by atoms with van der Waals surface area (Å²) < 4.78 is 0. The van der Waals surface area contributed by atoms with E-state index in [1.165, 1.54) is 5.56 Å². The smallest absolute Gasteiger partial charge is 0.0991 e. The monoisotopic (exact) mass is 324 g/mol. The average molecular weight is 324 g/mol. The molecule has 2 heteroatoms. The van der Waals surface area contributed by atoms with Gasteiger partial charge in [0.2, 0.25) is 0 Å². The molecule has 0 atom stereocenters. The van der Waals surface area contributed by atoms with Gasteiger partial charge in [-0.2, -0.15) is 5.26 Å². The summed E-state index contributed by atoms with van der Waals surface area (Å²) in [5, 5.41) is 9.03. The van der Waals surface area contributed by atoms with Crippen molar-refractivity contribution in [3.8, 4) is 28.5 Å². The Bertz CT molecular complexity index is 957. The molecular weight excluding hydrogens is 304 g/mol. The summed E-state index contributed by atoms with van der Waals surface area (Å²) in [6.45, 7) is 6.16. The van der Waals surface area contributed by atoms with Gasteiger partial charge in [0.1, 0.15) is 0 Å². The SMILES string of the molecule is C/C=C\c1nc(-c2ccc(C)cc2)c(-c2ccc(C#N)cc2)cc1C. The van der Waals surface area contributed by atoms with Crippen LogP contribution in [0.4, 0.5) is 0 Å². The number of aromatic nitrogens is 1. The molecule has 0 amide bonds. The number of hydrogen-bond donors (Lipinski definition) is 0. The van der Waals surface area contributed by atoms with Crippen LogP contribution in [0.5, 0.6) is 0 Å². The van der Waals surface area contributed by atoms with Gasteiger partial charge in [0.05, 0.1) is 23.0 Å². The molecule has 0 bridgehead atoms. The largest absolute Gasteiger partial charge is 0.248 e. The molecule has 0 aliphatic rings. The zero-order chi connectivity index (χ0) is 17.8. The van der Waals surface area contributed by atoms with Crippen LogP contribution in [0.25, 0.3) is 28.5 Å². The summed E-state index contributed by atoms with van der Waals surface area (Å²) in [6, 6.07) is 20.5. The first-order valence-corrected chi connectivity index (χ1v) is 8.34. The van der Waals surface area contributed by atoms with E-state index >= 15 is 0 Å². The number of nitriles is 1. The number of aryl methyl sites for hydroxylation is 2. The number of allylic oxidation sites excluding steroid dienone is 1. The van der Waals surface area contributed by atoms with E-state index in [2.05, 4.69) is 50.2 Å². The quantitative estimate of drug-likeness (QED) is 0.598. The predicted molar refractivity (Wildman–Crippen MR) is 104 cm³/mol. The van der Waals surface area contributed by atoms with Crippen molar-refractivity contribution in [1.29, 1.82) is 5.26 Å². The molecule has 1 heterocycles. The lowest BCUT2D eigenvalue weighted by atomic mass is 9.95. The van der Waals surface area contributed by atoms with Crippen LogP contribution in [0.2, 0.25) is 0 Å². The van der Waals surface area contributed by atoms with E-state index in [4.69, 9.17) is 10.2 Å². The van der Waals surface area contributed by atoms with Crippen LogP contribution in [0.3, 0.4) is 0 Å². The van der Waals surface area contributed by atoms with Crippen molar-refractivity contribution >= 4 is 6.08 Å². The van der Waals surface area contributed by atoms with Gasteiger partial charge in [-0.05, 0) is 56.2 Å². The molecule has 3 aromatic rings. The third-order valence-corrected chi connectivity index (χ3v) is 4.23. The van der Waals surface area contributed by atoms with E-state index in [1.807, 2.05) is 43.3 Å². The first-order chi connectivity index (χ1) is 12.1. The van der Waals surface area contributed by atoms with Crippen molar-refractivity contribution in [3.05, 3.63) is 83.1 Å². The maximum Gasteiger partial charge on any atom is 0.0991 e. The van der Waals surface area contributed by atoms with E-state index in [1.54, 1.807) is 0 Å². The molecule has 25 heavy (non-hydrogen) atoms. The Morgan fingerprint density at radius 3 is 2.16 bits per heavy atom. The summed E-state index contributed by atoms with van der Waals surface area (Å²) in [5.74, 6) is 0. The second kappa shape index (κ2) is 7.15. The number of benzene rings is 2. The van der Waals surface area contributed by atoms with Crippen LogP contribution in [0.15, 0.2) is 60.7 Å². The Hall–Kier alpha value is -3.18. The highest BCUT2D eigenvalue weighted by atomic mass is 14.7. The highest BCUT2D eigenvalue weighted by molar-refractivity contribution is 5.82. The van der Waals surface area contributed by atoms with E-state index in [9.17, 15) is 0 Å². The van der Waals surface area contributed by atoms with Gasteiger partial charge in [-0.15, -0.1) is 0 Å². The fourth-order valence-electron chi connectivity index (χ4n) is 2.83. The van der Waals surface area contributed by atoms with Crippen LogP contribution in [-0.4, -0.2) is 4.98 Å². The fraction of sp³-hybridized carbons (Fsp3) is 0.130. The van der Waals surface area contributed by atoms with Gasteiger partial charge in [-0.3, -0.25) is 0 Å². The molecule has 0 saturated carbocycles. The molecule has 0 unspecified atom stereocenters. The van der Waals surface area contributed by atoms with Crippen molar-refractivity contribution in [2.45, 2.75) is 20.8 Å². The second-order valence-corrected chi connectivity index (χ2v) is 6.14. The zero-order valence-electron chi connectivity index (χ0n) is 14.7. The second-order valence-electron chi connectivity index (χ2n) is 6.14. The van der Waals surface area contributed by atoms with E-state index < -0.39 is 0 Å². The third kappa shape index (κ3) is 3.51.